The van der Waals surface area contributed by atoms with Crippen molar-refractivity contribution in [3.8, 4) is 5.75 Å². The van der Waals surface area contributed by atoms with Crippen LogP contribution in [0.4, 0.5) is 4.39 Å². The van der Waals surface area contributed by atoms with Gasteiger partial charge >= 0.3 is 0 Å². The van der Waals surface area contributed by atoms with E-state index in [2.05, 4.69) is 15.3 Å². The summed E-state index contributed by atoms with van der Waals surface area (Å²) in [7, 11) is 1.52. The number of hydrogen-bond acceptors (Lipinski definition) is 4. The Kier molecular flexibility index (Phi) is 4.99. The Hall–Kier alpha value is -3.28. The molecule has 0 spiro atoms. The lowest BCUT2D eigenvalue weighted by atomic mass is 9.99. The van der Waals surface area contributed by atoms with Crippen molar-refractivity contribution in [3.05, 3.63) is 89.8 Å². The first kappa shape index (κ1) is 16.6. The molecule has 3 rings (SSSR count). The Morgan fingerprint density at radius 3 is 2.40 bits per heavy atom. The molecule has 2 heterocycles. The summed E-state index contributed by atoms with van der Waals surface area (Å²) < 4.78 is 18.4. The molecule has 25 heavy (non-hydrogen) atoms. The third kappa shape index (κ3) is 3.98. The first-order chi connectivity index (χ1) is 12.2. The Balaban J connectivity index is 1.92. The number of benzene rings is 1. The molecule has 5 nitrogen and oxygen atoms in total. The number of nitrogens with zero attached hydrogens (tertiary/aromatic N) is 2. The van der Waals surface area contributed by atoms with Gasteiger partial charge in [0.1, 0.15) is 17.3 Å². The van der Waals surface area contributed by atoms with Crippen LogP contribution in [0.15, 0.2) is 67.1 Å². The molecule has 0 aliphatic carbocycles. The van der Waals surface area contributed by atoms with Crippen LogP contribution in [0.5, 0.6) is 5.75 Å². The molecule has 1 atom stereocenters. The zero-order valence-corrected chi connectivity index (χ0v) is 13.5. The average Bonchev–Trinajstić information content (AvgIpc) is 2.67. The zero-order valence-electron chi connectivity index (χ0n) is 13.5. The molecular weight excluding hydrogens is 321 g/mol. The summed E-state index contributed by atoms with van der Waals surface area (Å²) in [6.45, 7) is 0. The number of carbonyl (C=O) groups excluding carboxylic acids is 1. The number of amides is 1. The fourth-order valence-electron chi connectivity index (χ4n) is 2.44. The lowest BCUT2D eigenvalue weighted by Gasteiger charge is -2.19. The second-order valence-electron chi connectivity index (χ2n) is 5.32. The highest BCUT2D eigenvalue weighted by Gasteiger charge is 2.19. The normalized spacial score (nSPS) is 11.6. The van der Waals surface area contributed by atoms with Gasteiger partial charge in [-0.3, -0.25) is 14.8 Å². The minimum Gasteiger partial charge on any atom is -0.497 e. The van der Waals surface area contributed by atoms with Gasteiger partial charge in [-0.25, -0.2) is 4.39 Å². The molecule has 126 valence electrons. The maximum atomic E-state index is 13.2. The first-order valence-corrected chi connectivity index (χ1v) is 7.63. The second kappa shape index (κ2) is 7.53. The van der Waals surface area contributed by atoms with E-state index in [1.165, 1.54) is 25.4 Å². The van der Waals surface area contributed by atoms with Gasteiger partial charge in [-0.1, -0.05) is 12.1 Å². The number of carbonyl (C=O) groups is 1. The zero-order chi connectivity index (χ0) is 17.6. The van der Waals surface area contributed by atoms with Gasteiger partial charge in [0, 0.05) is 24.7 Å². The van der Waals surface area contributed by atoms with Gasteiger partial charge in [-0.2, -0.15) is 0 Å². The van der Waals surface area contributed by atoms with Crippen LogP contribution in [0.2, 0.25) is 0 Å². The highest BCUT2D eigenvalue weighted by molar-refractivity contribution is 5.93. The Morgan fingerprint density at radius 1 is 1.04 bits per heavy atom. The van der Waals surface area contributed by atoms with Crippen LogP contribution in [0, 0.1) is 5.82 Å². The minimum atomic E-state index is -0.455. The number of rotatable bonds is 5. The van der Waals surface area contributed by atoms with Crippen molar-refractivity contribution in [2.75, 3.05) is 7.11 Å². The standard InChI is InChI=1S/C19H16FN3O2/c1-25-16-8-11-22-17(12-16)19(24)23-18(14-6-9-21-10-7-14)13-2-4-15(20)5-3-13/h2-12,18H,1H3,(H,23,24). The van der Waals surface area contributed by atoms with E-state index >= 15 is 0 Å². The summed E-state index contributed by atoms with van der Waals surface area (Å²) in [6.07, 6.45) is 4.79. The van der Waals surface area contributed by atoms with E-state index < -0.39 is 6.04 Å². The van der Waals surface area contributed by atoms with Crippen molar-refractivity contribution in [3.63, 3.8) is 0 Å². The lowest BCUT2D eigenvalue weighted by Crippen LogP contribution is -2.30. The van der Waals surface area contributed by atoms with Gasteiger partial charge in [-0.15, -0.1) is 0 Å². The van der Waals surface area contributed by atoms with E-state index in [1.807, 2.05) is 0 Å². The number of pyridine rings is 2. The molecule has 0 saturated carbocycles. The number of aromatic nitrogens is 2. The van der Waals surface area contributed by atoms with Crippen LogP contribution in [0.3, 0.4) is 0 Å². The van der Waals surface area contributed by atoms with E-state index in [0.717, 1.165) is 11.1 Å². The summed E-state index contributed by atoms with van der Waals surface area (Å²) in [4.78, 5) is 20.7. The summed E-state index contributed by atoms with van der Waals surface area (Å²) in [6, 6.07) is 12.4. The molecule has 0 aliphatic rings. The van der Waals surface area contributed by atoms with E-state index in [9.17, 15) is 9.18 Å². The number of ether oxygens (including phenoxy) is 1. The molecule has 0 saturated heterocycles. The molecule has 1 aromatic carbocycles. The highest BCUT2D eigenvalue weighted by Crippen LogP contribution is 2.22. The first-order valence-electron chi connectivity index (χ1n) is 7.63. The largest absolute Gasteiger partial charge is 0.497 e. The monoisotopic (exact) mass is 337 g/mol. The number of nitrogens with one attached hydrogen (secondary N) is 1. The number of halogens is 1. The molecular formula is C19H16FN3O2. The fourth-order valence-corrected chi connectivity index (χ4v) is 2.44. The van der Waals surface area contributed by atoms with Crippen LogP contribution >= 0.6 is 0 Å². The van der Waals surface area contributed by atoms with E-state index in [1.54, 1.807) is 48.8 Å². The van der Waals surface area contributed by atoms with Crippen LogP contribution in [-0.4, -0.2) is 23.0 Å². The Labute approximate surface area is 144 Å². The minimum absolute atomic E-state index is 0.237. The van der Waals surface area contributed by atoms with Crippen molar-refractivity contribution < 1.29 is 13.9 Å². The van der Waals surface area contributed by atoms with Gasteiger partial charge in [0.25, 0.3) is 5.91 Å². The molecule has 0 bridgehead atoms. The third-order valence-corrected chi connectivity index (χ3v) is 3.72. The lowest BCUT2D eigenvalue weighted by molar-refractivity contribution is 0.0937. The fraction of sp³-hybridized carbons (Fsp3) is 0.105. The van der Waals surface area contributed by atoms with Crippen molar-refractivity contribution in [2.24, 2.45) is 0 Å². The van der Waals surface area contributed by atoms with E-state index in [-0.39, 0.29) is 17.4 Å². The predicted molar refractivity (Wildman–Crippen MR) is 90.7 cm³/mol. The topological polar surface area (TPSA) is 64.1 Å². The molecule has 3 aromatic rings. The predicted octanol–water partition coefficient (Wildman–Crippen LogP) is 3.14. The third-order valence-electron chi connectivity index (χ3n) is 3.72. The van der Waals surface area contributed by atoms with Crippen LogP contribution < -0.4 is 10.1 Å². The molecule has 0 aliphatic heterocycles. The van der Waals surface area contributed by atoms with Crippen molar-refractivity contribution >= 4 is 5.91 Å². The molecule has 1 amide bonds. The Bertz CT molecular complexity index is 854. The van der Waals surface area contributed by atoms with Crippen molar-refractivity contribution in [2.45, 2.75) is 6.04 Å². The van der Waals surface area contributed by atoms with Gasteiger partial charge < -0.3 is 10.1 Å². The maximum Gasteiger partial charge on any atom is 0.270 e. The van der Waals surface area contributed by atoms with E-state index in [4.69, 9.17) is 4.74 Å². The molecule has 1 unspecified atom stereocenters. The molecule has 0 radical (unpaired) electrons. The smallest absolute Gasteiger partial charge is 0.270 e. The SMILES string of the molecule is COc1ccnc(C(=O)NC(c2ccncc2)c2ccc(F)cc2)c1. The summed E-state index contributed by atoms with van der Waals surface area (Å²) in [5.74, 6) is -0.148. The Morgan fingerprint density at radius 2 is 1.72 bits per heavy atom. The maximum absolute atomic E-state index is 13.2. The van der Waals surface area contributed by atoms with Gasteiger partial charge in [0.05, 0.1) is 13.2 Å². The van der Waals surface area contributed by atoms with Crippen LogP contribution in [-0.2, 0) is 0 Å². The van der Waals surface area contributed by atoms with E-state index in [0.29, 0.717) is 5.75 Å². The van der Waals surface area contributed by atoms with Gasteiger partial charge in [-0.05, 0) is 41.5 Å². The average molecular weight is 337 g/mol. The van der Waals surface area contributed by atoms with Crippen molar-refractivity contribution in [1.82, 2.24) is 15.3 Å². The molecule has 2 aromatic heterocycles. The summed E-state index contributed by atoms with van der Waals surface area (Å²) >= 11 is 0. The molecule has 0 fully saturated rings. The van der Waals surface area contributed by atoms with Gasteiger partial charge in [0.2, 0.25) is 0 Å². The number of methoxy groups -OCH3 is 1. The quantitative estimate of drug-likeness (QED) is 0.777. The summed E-state index contributed by atoms with van der Waals surface area (Å²) in [5.41, 5.74) is 1.82. The van der Waals surface area contributed by atoms with Gasteiger partial charge in [0.15, 0.2) is 0 Å². The molecule has 6 heteroatoms. The van der Waals surface area contributed by atoms with Crippen molar-refractivity contribution in [1.29, 1.82) is 0 Å². The number of hydrogen-bond donors (Lipinski definition) is 1. The van der Waals surface area contributed by atoms with Crippen LogP contribution in [0.25, 0.3) is 0 Å². The van der Waals surface area contributed by atoms with Crippen LogP contribution in [0.1, 0.15) is 27.7 Å². The second-order valence-corrected chi connectivity index (χ2v) is 5.32. The summed E-state index contributed by atoms with van der Waals surface area (Å²) in [5, 5.41) is 2.93. The highest BCUT2D eigenvalue weighted by atomic mass is 19.1. The molecule has 1 N–H and O–H groups in total.